The molecule has 6 N–H and O–H groups in total. The summed E-state index contributed by atoms with van der Waals surface area (Å²) in [6, 6.07) is 17.5. The molecular formula is C45H51F7N8O5. The number of carbonyl (C=O) groups excluding carboxylic acids is 3. The van der Waals surface area contributed by atoms with Gasteiger partial charge in [-0.05, 0) is 137 Å². The van der Waals surface area contributed by atoms with E-state index in [1.165, 1.54) is 29.4 Å². The van der Waals surface area contributed by atoms with Crippen molar-refractivity contribution in [2.45, 2.75) is 101 Å². The van der Waals surface area contributed by atoms with Crippen molar-refractivity contribution >= 4 is 29.5 Å². The van der Waals surface area contributed by atoms with Gasteiger partial charge < -0.3 is 31.3 Å². The molecule has 0 aliphatic heterocycles. The van der Waals surface area contributed by atoms with E-state index in [2.05, 4.69) is 50.3 Å². The number of amides is 4. The summed E-state index contributed by atoms with van der Waals surface area (Å²) in [5.74, 6) is -16.3. The van der Waals surface area contributed by atoms with E-state index in [0.717, 1.165) is 42.4 Å². The maximum absolute atomic E-state index is 14.2. The van der Waals surface area contributed by atoms with Crippen molar-refractivity contribution in [1.82, 2.24) is 36.0 Å². The van der Waals surface area contributed by atoms with Gasteiger partial charge in [0.05, 0.1) is 0 Å². The van der Waals surface area contributed by atoms with Gasteiger partial charge in [-0.15, -0.1) is 0 Å². The highest BCUT2D eigenvalue weighted by Crippen LogP contribution is 2.51. The molecule has 20 heteroatoms. The number of carboxylic acid groups (broad SMARTS) is 1. The molecule has 4 amide bonds. The SMILES string of the molecule is Cc1cc(C(=O)NC2CCC(N(C)C)CC2)ccc1-c1ccc(C[C@H](NC(=O)C2CCC(CNC(=O)O)CC2)C(=O)Nc2ccc(-c3n[nH]c(C(F)(F)C(F)(F)C(F)(F)F)n3)cc2)cc1. The highest BCUT2D eigenvalue weighted by atomic mass is 19.4. The molecule has 1 atom stereocenters. The molecule has 1 heterocycles. The van der Waals surface area contributed by atoms with Crippen LogP contribution in [0.2, 0.25) is 0 Å². The summed E-state index contributed by atoms with van der Waals surface area (Å²) in [5, 5.41) is 24.9. The van der Waals surface area contributed by atoms with E-state index in [-0.39, 0.29) is 48.0 Å². The van der Waals surface area contributed by atoms with Gasteiger partial charge in [-0.1, -0.05) is 30.3 Å². The lowest BCUT2D eigenvalue weighted by atomic mass is 9.81. The number of aryl methyl sites for hydroxylation is 1. The maximum atomic E-state index is 14.2. The Morgan fingerprint density at radius 3 is 2.05 bits per heavy atom. The molecule has 1 aromatic heterocycles. The molecule has 0 saturated heterocycles. The molecular weight excluding hydrogens is 866 g/mol. The fourth-order valence-electron chi connectivity index (χ4n) is 8.34. The minimum absolute atomic E-state index is 0.0539. The lowest BCUT2D eigenvalue weighted by Gasteiger charge is -2.33. The molecule has 2 aliphatic carbocycles. The quantitative estimate of drug-likeness (QED) is 0.0648. The highest BCUT2D eigenvalue weighted by Gasteiger charge is 2.75. The molecule has 13 nitrogen and oxygen atoms in total. The number of alkyl halides is 7. The summed E-state index contributed by atoms with van der Waals surface area (Å²) >= 11 is 0. The van der Waals surface area contributed by atoms with Crippen LogP contribution in [-0.2, 0) is 21.9 Å². The Bertz CT molecular complexity index is 2310. The van der Waals surface area contributed by atoms with Crippen LogP contribution in [0.1, 0.15) is 78.7 Å². The third kappa shape index (κ3) is 11.6. The molecule has 2 saturated carbocycles. The number of H-pyrrole nitrogens is 1. The summed E-state index contributed by atoms with van der Waals surface area (Å²) in [6.45, 7) is 2.18. The number of benzene rings is 3. The van der Waals surface area contributed by atoms with E-state index >= 15 is 0 Å². The van der Waals surface area contributed by atoms with Crippen LogP contribution >= 0.6 is 0 Å². The maximum Gasteiger partial charge on any atom is 0.460 e. The summed E-state index contributed by atoms with van der Waals surface area (Å²) in [7, 11) is 4.14. The molecule has 6 rings (SSSR count). The van der Waals surface area contributed by atoms with E-state index < -0.39 is 53.6 Å². The first-order chi connectivity index (χ1) is 30.6. The Morgan fingerprint density at radius 1 is 0.831 bits per heavy atom. The predicted molar refractivity (Wildman–Crippen MR) is 226 cm³/mol. The van der Waals surface area contributed by atoms with E-state index in [4.69, 9.17) is 5.11 Å². The van der Waals surface area contributed by atoms with E-state index in [9.17, 15) is 49.9 Å². The Hall–Kier alpha value is -6.05. The average molecular weight is 917 g/mol. The van der Waals surface area contributed by atoms with Crippen LogP contribution in [0.4, 0.5) is 41.2 Å². The van der Waals surface area contributed by atoms with Crippen molar-refractivity contribution in [2.75, 3.05) is 26.0 Å². The molecule has 2 fully saturated rings. The summed E-state index contributed by atoms with van der Waals surface area (Å²) in [5.41, 5.74) is 4.00. The molecule has 0 bridgehead atoms. The highest BCUT2D eigenvalue weighted by molar-refractivity contribution is 5.98. The monoisotopic (exact) mass is 916 g/mol. The predicted octanol–water partition coefficient (Wildman–Crippen LogP) is 8.08. The number of halogens is 7. The smallest absolute Gasteiger partial charge is 0.460 e. The average Bonchev–Trinajstić information content (AvgIpc) is 3.77. The van der Waals surface area contributed by atoms with Gasteiger partial charge in [-0.25, -0.2) is 9.78 Å². The van der Waals surface area contributed by atoms with Gasteiger partial charge in [0.25, 0.3) is 5.91 Å². The van der Waals surface area contributed by atoms with Gasteiger partial charge in [0, 0.05) is 47.8 Å². The minimum Gasteiger partial charge on any atom is -0.465 e. The first-order valence-electron chi connectivity index (χ1n) is 21.2. The zero-order valence-electron chi connectivity index (χ0n) is 35.9. The van der Waals surface area contributed by atoms with Crippen molar-refractivity contribution in [3.8, 4) is 22.5 Å². The van der Waals surface area contributed by atoms with Crippen LogP contribution < -0.4 is 21.3 Å². The Labute approximate surface area is 370 Å². The number of aromatic amines is 1. The van der Waals surface area contributed by atoms with Gasteiger partial charge in [-0.3, -0.25) is 19.5 Å². The van der Waals surface area contributed by atoms with E-state index in [1.54, 1.807) is 6.07 Å². The second kappa shape index (κ2) is 20.0. The second-order valence-electron chi connectivity index (χ2n) is 17.1. The Kier molecular flexibility index (Phi) is 14.9. The van der Waals surface area contributed by atoms with Crippen molar-refractivity contribution in [1.29, 1.82) is 0 Å². The van der Waals surface area contributed by atoms with Crippen LogP contribution in [0, 0.1) is 18.8 Å². The molecule has 4 aromatic rings. The first-order valence-corrected chi connectivity index (χ1v) is 21.2. The number of nitrogens with zero attached hydrogens (tertiary/aromatic N) is 3. The zero-order valence-corrected chi connectivity index (χ0v) is 35.9. The molecule has 3 aromatic carbocycles. The second-order valence-corrected chi connectivity index (χ2v) is 17.1. The van der Waals surface area contributed by atoms with Gasteiger partial charge in [0.1, 0.15) is 6.04 Å². The number of hydrogen-bond donors (Lipinski definition) is 6. The van der Waals surface area contributed by atoms with E-state index in [1.807, 2.05) is 43.3 Å². The molecule has 65 heavy (non-hydrogen) atoms. The van der Waals surface area contributed by atoms with Crippen LogP contribution in [-0.4, -0.2) is 99.9 Å². The number of rotatable bonds is 15. The third-order valence-electron chi connectivity index (χ3n) is 12.3. The summed E-state index contributed by atoms with van der Waals surface area (Å²) in [4.78, 5) is 57.0. The number of carbonyl (C=O) groups is 4. The van der Waals surface area contributed by atoms with Crippen LogP contribution in [0.15, 0.2) is 66.7 Å². The normalized spacial score (nSPS) is 19.9. The molecule has 0 spiro atoms. The lowest BCUT2D eigenvalue weighted by molar-refractivity contribution is -0.361. The lowest BCUT2D eigenvalue weighted by Crippen LogP contribution is -2.50. The number of anilines is 1. The number of nitrogens with one attached hydrogen (secondary N) is 5. The van der Waals surface area contributed by atoms with Gasteiger partial charge in [-0.2, -0.15) is 35.8 Å². The third-order valence-corrected chi connectivity index (χ3v) is 12.3. The van der Waals surface area contributed by atoms with Gasteiger partial charge in [0.2, 0.25) is 17.6 Å². The molecule has 350 valence electrons. The minimum atomic E-state index is -6.57. The Balaban J connectivity index is 1.13. The van der Waals surface area contributed by atoms with Gasteiger partial charge in [0.15, 0.2) is 5.82 Å². The molecule has 0 radical (unpaired) electrons. The van der Waals surface area contributed by atoms with Crippen molar-refractivity contribution in [2.24, 2.45) is 11.8 Å². The number of aromatic nitrogens is 3. The van der Waals surface area contributed by atoms with Crippen LogP contribution in [0.5, 0.6) is 0 Å². The zero-order chi connectivity index (χ0) is 47.3. The summed E-state index contributed by atoms with van der Waals surface area (Å²) in [6.07, 6.45) is -1.62. The largest absolute Gasteiger partial charge is 0.465 e. The van der Waals surface area contributed by atoms with E-state index in [0.29, 0.717) is 42.9 Å². The molecule has 2 aliphatic rings. The number of hydrogen-bond acceptors (Lipinski definition) is 7. The first kappa shape index (κ1) is 48.4. The standard InChI is InChI=1S/C45H51F7N8O5/c1-25-22-31(39(62)54-33-17-19-34(20-18-33)60(2)3)14-21-35(25)28-8-4-26(5-9-28)23-36(56-38(61)30-10-6-27(7-11-30)24-53-42(64)65)40(63)55-32-15-12-29(13-16-32)37-57-41(59-58-37)43(46,47)44(48,49)45(50,51)52/h4-5,8-9,12-16,21-22,27,30,33-34,36,53H,6-7,10-11,17-20,23-24H2,1-3H3,(H,54,62)(H,55,63)(H,56,61)(H,64,65)(H,57,58,59)/t27?,30?,33?,34?,36-/m0/s1. The van der Waals surface area contributed by atoms with Crippen molar-refractivity contribution in [3.63, 3.8) is 0 Å². The Morgan fingerprint density at radius 2 is 1.46 bits per heavy atom. The topological polar surface area (TPSA) is 181 Å². The van der Waals surface area contributed by atoms with Crippen LogP contribution in [0.3, 0.4) is 0 Å². The molecule has 0 unspecified atom stereocenters. The van der Waals surface area contributed by atoms with Crippen molar-refractivity contribution in [3.05, 3.63) is 89.2 Å². The fraction of sp³-hybridized carbons (Fsp3) is 0.467. The summed E-state index contributed by atoms with van der Waals surface area (Å²) < 4.78 is 93.7. The van der Waals surface area contributed by atoms with Crippen LogP contribution in [0.25, 0.3) is 22.5 Å². The fourth-order valence-corrected chi connectivity index (χ4v) is 8.34. The van der Waals surface area contributed by atoms with Crippen molar-refractivity contribution < 1.29 is 55.0 Å². The van der Waals surface area contributed by atoms with Gasteiger partial charge >= 0.3 is 24.1 Å².